The highest BCUT2D eigenvalue weighted by Crippen LogP contribution is 1.89. The molecular weight excluding hydrogens is 136 g/mol. The Morgan fingerprint density at radius 2 is 2.11 bits per heavy atom. The Bertz CT molecular complexity index is 139. The number of unbranched alkanes of at least 4 members (excludes halogenated alkanes) is 1. The SMILES string of the molecule is CC=CCCC[SH](=O)=O. The van der Waals surface area contributed by atoms with Gasteiger partial charge in [0.2, 0.25) is 0 Å². The van der Waals surface area contributed by atoms with E-state index in [0.717, 1.165) is 12.8 Å². The van der Waals surface area contributed by atoms with Gasteiger partial charge >= 0.3 is 0 Å². The minimum atomic E-state index is -2.15. The highest BCUT2D eigenvalue weighted by atomic mass is 32.2. The third kappa shape index (κ3) is 7.69. The molecule has 0 saturated heterocycles. The van der Waals surface area contributed by atoms with Crippen molar-refractivity contribution in [2.24, 2.45) is 0 Å². The molecule has 0 atom stereocenters. The summed E-state index contributed by atoms with van der Waals surface area (Å²) in [6, 6.07) is 0. The lowest BCUT2D eigenvalue weighted by molar-refractivity contribution is 0.612. The second kappa shape index (κ2) is 5.82. The fourth-order valence-electron chi connectivity index (χ4n) is 0.505. The quantitative estimate of drug-likeness (QED) is 0.366. The lowest BCUT2D eigenvalue weighted by atomic mass is 10.3. The summed E-state index contributed by atoms with van der Waals surface area (Å²) in [5, 5.41) is 0. The molecule has 0 aliphatic heterocycles. The van der Waals surface area contributed by atoms with Crippen LogP contribution in [0.1, 0.15) is 19.8 Å². The van der Waals surface area contributed by atoms with Gasteiger partial charge in [-0.2, -0.15) is 0 Å². The molecule has 0 bridgehead atoms. The molecule has 2 nitrogen and oxygen atoms in total. The topological polar surface area (TPSA) is 34.1 Å². The van der Waals surface area contributed by atoms with E-state index in [1.165, 1.54) is 0 Å². The number of hydrogen-bond acceptors (Lipinski definition) is 2. The van der Waals surface area contributed by atoms with Crippen molar-refractivity contribution < 1.29 is 8.42 Å². The second-order valence-electron chi connectivity index (χ2n) is 1.77. The molecular formula is C6H12O2S. The molecule has 3 heteroatoms. The zero-order chi connectivity index (χ0) is 7.11. The molecule has 0 aromatic heterocycles. The molecule has 0 radical (unpaired) electrons. The Labute approximate surface area is 57.5 Å². The maximum absolute atomic E-state index is 9.98. The maximum atomic E-state index is 9.98. The van der Waals surface area contributed by atoms with Gasteiger partial charge in [0.1, 0.15) is 10.7 Å². The Morgan fingerprint density at radius 3 is 2.56 bits per heavy atom. The van der Waals surface area contributed by atoms with Crippen LogP contribution in [0.25, 0.3) is 0 Å². The van der Waals surface area contributed by atoms with Crippen LogP contribution in [0.4, 0.5) is 0 Å². The van der Waals surface area contributed by atoms with Crippen molar-refractivity contribution in [1.29, 1.82) is 0 Å². The fourth-order valence-corrected chi connectivity index (χ4v) is 0.946. The predicted octanol–water partition coefficient (Wildman–Crippen LogP) is 0.954. The van der Waals surface area contributed by atoms with Crippen molar-refractivity contribution >= 4 is 10.7 Å². The van der Waals surface area contributed by atoms with Gasteiger partial charge in [-0.3, -0.25) is 0 Å². The molecule has 0 aliphatic carbocycles. The van der Waals surface area contributed by atoms with Crippen LogP contribution in [0.2, 0.25) is 0 Å². The summed E-state index contributed by atoms with van der Waals surface area (Å²) in [5.41, 5.74) is 0. The number of hydrogen-bond donors (Lipinski definition) is 1. The molecule has 0 rings (SSSR count). The first-order valence-corrected chi connectivity index (χ1v) is 4.36. The molecule has 0 aliphatic rings. The van der Waals surface area contributed by atoms with Crippen LogP contribution < -0.4 is 0 Å². The Balaban J connectivity index is 3.10. The fraction of sp³-hybridized carbons (Fsp3) is 0.667. The first kappa shape index (κ1) is 8.69. The smallest absolute Gasteiger partial charge is 0.140 e. The Kier molecular flexibility index (Phi) is 5.62. The second-order valence-corrected chi connectivity index (χ2v) is 2.88. The van der Waals surface area contributed by atoms with Crippen LogP contribution >= 0.6 is 0 Å². The Hall–Kier alpha value is -0.310. The van der Waals surface area contributed by atoms with Crippen LogP contribution in [0.3, 0.4) is 0 Å². The minimum Gasteiger partial charge on any atom is -0.232 e. The summed E-state index contributed by atoms with van der Waals surface area (Å²) in [6.07, 6.45) is 5.53. The van der Waals surface area contributed by atoms with E-state index in [2.05, 4.69) is 0 Å². The molecule has 0 amide bonds. The predicted molar refractivity (Wildman–Crippen MR) is 39.2 cm³/mol. The van der Waals surface area contributed by atoms with Gasteiger partial charge in [-0.15, -0.1) is 0 Å². The van der Waals surface area contributed by atoms with E-state index < -0.39 is 10.7 Å². The molecule has 9 heavy (non-hydrogen) atoms. The maximum Gasteiger partial charge on any atom is 0.140 e. The molecule has 0 unspecified atom stereocenters. The van der Waals surface area contributed by atoms with Crippen molar-refractivity contribution in [2.45, 2.75) is 19.8 Å². The van der Waals surface area contributed by atoms with Crippen molar-refractivity contribution in [3.05, 3.63) is 12.2 Å². The zero-order valence-electron chi connectivity index (χ0n) is 5.54. The monoisotopic (exact) mass is 148 g/mol. The summed E-state index contributed by atoms with van der Waals surface area (Å²) in [5.74, 6) is 0.319. The van der Waals surface area contributed by atoms with Crippen LogP contribution in [0.15, 0.2) is 12.2 Å². The van der Waals surface area contributed by atoms with Gasteiger partial charge < -0.3 is 0 Å². The van der Waals surface area contributed by atoms with E-state index in [1.807, 2.05) is 19.1 Å². The van der Waals surface area contributed by atoms with Crippen LogP contribution in [0.5, 0.6) is 0 Å². The third-order valence-electron chi connectivity index (χ3n) is 0.947. The van der Waals surface area contributed by atoms with E-state index in [1.54, 1.807) is 0 Å². The van der Waals surface area contributed by atoms with Gasteiger partial charge in [0.15, 0.2) is 0 Å². The lowest BCUT2D eigenvalue weighted by Crippen LogP contribution is -1.84. The zero-order valence-corrected chi connectivity index (χ0v) is 6.43. The van der Waals surface area contributed by atoms with Crippen molar-refractivity contribution in [1.82, 2.24) is 0 Å². The summed E-state index contributed by atoms with van der Waals surface area (Å²) in [4.78, 5) is 0. The highest BCUT2D eigenvalue weighted by molar-refractivity contribution is 7.72. The van der Waals surface area contributed by atoms with E-state index in [9.17, 15) is 8.42 Å². The number of allylic oxidation sites excluding steroid dienone is 2. The molecule has 0 N–H and O–H groups in total. The average molecular weight is 148 g/mol. The first-order valence-electron chi connectivity index (χ1n) is 3.00. The van der Waals surface area contributed by atoms with Crippen molar-refractivity contribution in [2.75, 3.05) is 5.75 Å². The molecule has 0 fully saturated rings. The van der Waals surface area contributed by atoms with Crippen LogP contribution in [-0.4, -0.2) is 14.2 Å². The molecule has 0 aromatic carbocycles. The summed E-state index contributed by atoms with van der Waals surface area (Å²) < 4.78 is 20.0. The largest absolute Gasteiger partial charge is 0.232 e. The normalized spacial score (nSPS) is 11.3. The number of rotatable bonds is 4. The van der Waals surface area contributed by atoms with E-state index in [-0.39, 0.29) is 0 Å². The van der Waals surface area contributed by atoms with E-state index in [4.69, 9.17) is 0 Å². The third-order valence-corrected chi connectivity index (χ3v) is 1.63. The first-order chi connectivity index (χ1) is 4.27. The van der Waals surface area contributed by atoms with E-state index >= 15 is 0 Å². The van der Waals surface area contributed by atoms with Crippen molar-refractivity contribution in [3.8, 4) is 0 Å². The highest BCUT2D eigenvalue weighted by Gasteiger charge is 1.83. The van der Waals surface area contributed by atoms with Crippen LogP contribution in [0, 0.1) is 0 Å². The van der Waals surface area contributed by atoms with E-state index in [0.29, 0.717) is 5.75 Å². The van der Waals surface area contributed by atoms with Gasteiger partial charge in [0.25, 0.3) is 0 Å². The van der Waals surface area contributed by atoms with Gasteiger partial charge in [-0.25, -0.2) is 8.42 Å². The van der Waals surface area contributed by atoms with Crippen molar-refractivity contribution in [3.63, 3.8) is 0 Å². The van der Waals surface area contributed by atoms with Gasteiger partial charge in [-0.1, -0.05) is 12.2 Å². The summed E-state index contributed by atoms with van der Waals surface area (Å²) >= 11 is 0. The van der Waals surface area contributed by atoms with Gasteiger partial charge in [-0.05, 0) is 19.8 Å². The van der Waals surface area contributed by atoms with Gasteiger partial charge in [0, 0.05) is 5.75 Å². The van der Waals surface area contributed by atoms with Crippen LogP contribution in [-0.2, 0) is 10.7 Å². The molecule has 0 saturated carbocycles. The molecule has 54 valence electrons. The molecule has 0 heterocycles. The lowest BCUT2D eigenvalue weighted by Gasteiger charge is -1.84. The molecule has 0 aromatic rings. The molecule has 0 spiro atoms. The van der Waals surface area contributed by atoms with Gasteiger partial charge in [0.05, 0.1) is 0 Å². The average Bonchev–Trinajstić information content (AvgIpc) is 1.80. The minimum absolute atomic E-state index is 0.319. The summed E-state index contributed by atoms with van der Waals surface area (Å²) in [7, 11) is -2.15. The Morgan fingerprint density at radius 1 is 1.44 bits per heavy atom. The number of thiol groups is 1. The standard InChI is InChI=1S/C6H12O2S/c1-2-3-4-5-6-9(7)8/h2-3,9H,4-6H2,1H3. The summed E-state index contributed by atoms with van der Waals surface area (Å²) in [6.45, 7) is 1.93.